The lowest BCUT2D eigenvalue weighted by Crippen LogP contribution is -2.21. The quantitative estimate of drug-likeness (QED) is 0.665. The highest BCUT2D eigenvalue weighted by molar-refractivity contribution is 5.12. The zero-order valence-electron chi connectivity index (χ0n) is 8.10. The van der Waals surface area contributed by atoms with Gasteiger partial charge >= 0.3 is 0 Å². The Bertz CT molecular complexity index is 284. The predicted octanol–water partition coefficient (Wildman–Crippen LogP) is 0.503. The number of aryl methyl sites for hydroxylation is 1. The molecule has 1 aliphatic rings. The maximum Gasteiger partial charge on any atom is 0.157 e. The average molecular weight is 181 g/mol. The van der Waals surface area contributed by atoms with Crippen LogP contribution in [0.15, 0.2) is 12.4 Å². The van der Waals surface area contributed by atoms with Gasteiger partial charge in [-0.3, -0.25) is 4.68 Å². The minimum Gasteiger partial charge on any atom is -0.486 e. The molecule has 2 rings (SSSR count). The van der Waals surface area contributed by atoms with Crippen molar-refractivity contribution < 1.29 is 4.74 Å². The van der Waals surface area contributed by atoms with E-state index in [9.17, 15) is 0 Å². The smallest absolute Gasteiger partial charge is 0.157 e. The largest absolute Gasteiger partial charge is 0.486 e. The van der Waals surface area contributed by atoms with Gasteiger partial charge in [0, 0.05) is 20.1 Å². The average Bonchev–Trinajstić information content (AvgIpc) is 2.62. The molecule has 0 saturated carbocycles. The molecular weight excluding hydrogens is 166 g/mol. The summed E-state index contributed by atoms with van der Waals surface area (Å²) in [5, 5.41) is 4.06. The van der Waals surface area contributed by atoms with Gasteiger partial charge in [0.2, 0.25) is 0 Å². The summed E-state index contributed by atoms with van der Waals surface area (Å²) in [6, 6.07) is 0. The maximum atomic E-state index is 5.74. The van der Waals surface area contributed by atoms with Gasteiger partial charge in [0.05, 0.1) is 12.4 Å². The molecule has 1 aliphatic heterocycles. The Hall–Kier alpha value is -1.03. The minimum atomic E-state index is 0.342. The second-order valence-corrected chi connectivity index (χ2v) is 3.64. The Morgan fingerprint density at radius 1 is 1.54 bits per heavy atom. The number of likely N-dealkylation sites (N-methyl/N-ethyl adjacent to an activating group) is 1. The van der Waals surface area contributed by atoms with Crippen LogP contribution in [-0.2, 0) is 7.05 Å². The van der Waals surface area contributed by atoms with Crippen LogP contribution in [-0.4, -0.2) is 40.9 Å². The summed E-state index contributed by atoms with van der Waals surface area (Å²) in [6.45, 7) is 2.15. The molecule has 1 aromatic rings. The number of likely N-dealkylation sites (tertiary alicyclic amines) is 1. The molecule has 1 aromatic heterocycles. The Labute approximate surface area is 78.1 Å². The fraction of sp³-hybridized carbons (Fsp3) is 0.667. The molecule has 13 heavy (non-hydrogen) atoms. The third kappa shape index (κ3) is 2.01. The van der Waals surface area contributed by atoms with E-state index in [1.165, 1.54) is 0 Å². The van der Waals surface area contributed by atoms with E-state index < -0.39 is 0 Å². The standard InChI is InChI=1S/C9H15N3O/c1-11-4-3-8(6-11)13-9-5-10-12(2)7-9/h5,7-8H,3-4,6H2,1-2H3. The van der Waals surface area contributed by atoms with E-state index in [1.807, 2.05) is 13.2 Å². The van der Waals surface area contributed by atoms with Gasteiger partial charge in [-0.2, -0.15) is 5.10 Å². The summed E-state index contributed by atoms with van der Waals surface area (Å²) >= 11 is 0. The molecule has 1 atom stereocenters. The Kier molecular flexibility index (Phi) is 2.22. The van der Waals surface area contributed by atoms with Crippen molar-refractivity contribution in [3.8, 4) is 5.75 Å². The van der Waals surface area contributed by atoms with E-state index in [0.29, 0.717) is 6.10 Å². The third-order valence-corrected chi connectivity index (χ3v) is 2.33. The van der Waals surface area contributed by atoms with E-state index >= 15 is 0 Å². The van der Waals surface area contributed by atoms with Crippen LogP contribution >= 0.6 is 0 Å². The molecule has 1 unspecified atom stereocenters. The van der Waals surface area contributed by atoms with Gasteiger partial charge in [0.1, 0.15) is 6.10 Å². The lowest BCUT2D eigenvalue weighted by molar-refractivity contribution is 0.208. The van der Waals surface area contributed by atoms with Gasteiger partial charge in [-0.05, 0) is 13.5 Å². The molecule has 72 valence electrons. The van der Waals surface area contributed by atoms with Crippen molar-refractivity contribution in [2.45, 2.75) is 12.5 Å². The number of hydrogen-bond donors (Lipinski definition) is 0. The lowest BCUT2D eigenvalue weighted by Gasteiger charge is -2.11. The summed E-state index contributed by atoms with van der Waals surface area (Å²) in [6.07, 6.45) is 5.12. The molecule has 0 spiro atoms. The number of rotatable bonds is 2. The van der Waals surface area contributed by atoms with Crippen LogP contribution in [0.5, 0.6) is 5.75 Å². The molecule has 1 saturated heterocycles. The van der Waals surface area contributed by atoms with E-state index in [4.69, 9.17) is 4.74 Å². The van der Waals surface area contributed by atoms with Crippen LogP contribution in [0.1, 0.15) is 6.42 Å². The zero-order valence-corrected chi connectivity index (χ0v) is 8.10. The Morgan fingerprint density at radius 3 is 2.92 bits per heavy atom. The zero-order chi connectivity index (χ0) is 9.26. The first kappa shape index (κ1) is 8.56. The minimum absolute atomic E-state index is 0.342. The summed E-state index contributed by atoms with van der Waals surface area (Å²) in [5.74, 6) is 0.878. The molecule has 0 amide bonds. The molecule has 0 bridgehead atoms. The number of nitrogens with zero attached hydrogens (tertiary/aromatic N) is 3. The second-order valence-electron chi connectivity index (χ2n) is 3.64. The van der Waals surface area contributed by atoms with Crippen molar-refractivity contribution in [1.29, 1.82) is 0 Å². The van der Waals surface area contributed by atoms with E-state index in [0.717, 1.165) is 25.3 Å². The number of aromatic nitrogens is 2. The third-order valence-electron chi connectivity index (χ3n) is 2.33. The highest BCUT2D eigenvalue weighted by Crippen LogP contribution is 2.15. The van der Waals surface area contributed by atoms with Gasteiger partial charge in [-0.1, -0.05) is 0 Å². The van der Waals surface area contributed by atoms with Crippen LogP contribution < -0.4 is 4.74 Å². The van der Waals surface area contributed by atoms with Crippen LogP contribution in [0.4, 0.5) is 0 Å². The molecule has 4 heteroatoms. The molecule has 4 nitrogen and oxygen atoms in total. The topological polar surface area (TPSA) is 30.3 Å². The monoisotopic (exact) mass is 181 g/mol. The van der Waals surface area contributed by atoms with Crippen LogP contribution in [0.2, 0.25) is 0 Å². The lowest BCUT2D eigenvalue weighted by atomic mass is 10.3. The molecule has 0 N–H and O–H groups in total. The summed E-state index contributed by atoms with van der Waals surface area (Å²) < 4.78 is 7.50. The van der Waals surface area contributed by atoms with E-state index in [-0.39, 0.29) is 0 Å². The van der Waals surface area contributed by atoms with Crippen molar-refractivity contribution >= 4 is 0 Å². The molecule has 0 aromatic carbocycles. The summed E-state index contributed by atoms with van der Waals surface area (Å²) in [7, 11) is 4.01. The van der Waals surface area contributed by atoms with Crippen molar-refractivity contribution in [3.05, 3.63) is 12.4 Å². The Morgan fingerprint density at radius 2 is 2.38 bits per heavy atom. The Balaban J connectivity index is 1.91. The van der Waals surface area contributed by atoms with Gasteiger partial charge in [-0.25, -0.2) is 0 Å². The predicted molar refractivity (Wildman–Crippen MR) is 49.7 cm³/mol. The first-order valence-electron chi connectivity index (χ1n) is 4.58. The summed E-state index contributed by atoms with van der Waals surface area (Å²) in [5.41, 5.74) is 0. The molecule has 1 fully saturated rings. The van der Waals surface area contributed by atoms with Gasteiger partial charge in [0.15, 0.2) is 5.75 Å². The van der Waals surface area contributed by atoms with Crippen molar-refractivity contribution in [1.82, 2.24) is 14.7 Å². The van der Waals surface area contributed by atoms with Crippen LogP contribution in [0.3, 0.4) is 0 Å². The maximum absolute atomic E-state index is 5.74. The SMILES string of the molecule is CN1CCC(Oc2cnn(C)c2)C1. The van der Waals surface area contributed by atoms with E-state index in [1.54, 1.807) is 10.9 Å². The van der Waals surface area contributed by atoms with E-state index in [2.05, 4.69) is 17.0 Å². The first-order valence-corrected chi connectivity index (χ1v) is 4.58. The molecule has 0 aliphatic carbocycles. The molecular formula is C9H15N3O. The number of hydrogen-bond acceptors (Lipinski definition) is 3. The normalized spacial score (nSPS) is 23.7. The van der Waals surface area contributed by atoms with Crippen molar-refractivity contribution in [3.63, 3.8) is 0 Å². The van der Waals surface area contributed by atoms with Crippen molar-refractivity contribution in [2.75, 3.05) is 20.1 Å². The summed E-state index contributed by atoms with van der Waals surface area (Å²) in [4.78, 5) is 2.28. The van der Waals surface area contributed by atoms with Gasteiger partial charge in [-0.15, -0.1) is 0 Å². The van der Waals surface area contributed by atoms with Gasteiger partial charge < -0.3 is 9.64 Å². The van der Waals surface area contributed by atoms with Crippen LogP contribution in [0.25, 0.3) is 0 Å². The highest BCUT2D eigenvalue weighted by Gasteiger charge is 2.20. The van der Waals surface area contributed by atoms with Crippen LogP contribution in [0, 0.1) is 0 Å². The number of ether oxygens (including phenoxy) is 1. The highest BCUT2D eigenvalue weighted by atomic mass is 16.5. The first-order chi connectivity index (χ1) is 6.24. The second kappa shape index (κ2) is 3.38. The fourth-order valence-electron chi connectivity index (χ4n) is 1.64. The molecule has 2 heterocycles. The van der Waals surface area contributed by atoms with Crippen molar-refractivity contribution in [2.24, 2.45) is 7.05 Å². The van der Waals surface area contributed by atoms with Gasteiger partial charge in [0.25, 0.3) is 0 Å². The fourth-order valence-corrected chi connectivity index (χ4v) is 1.64. The molecule has 0 radical (unpaired) electrons.